The first-order valence-corrected chi connectivity index (χ1v) is 10.5. The van der Waals surface area contributed by atoms with Crippen LogP contribution in [0.1, 0.15) is 33.1 Å². The highest BCUT2D eigenvalue weighted by molar-refractivity contribution is 6.30. The molecule has 156 valence electrons. The molecule has 1 fully saturated rings. The summed E-state index contributed by atoms with van der Waals surface area (Å²) in [6, 6.07) is 20.4. The van der Waals surface area contributed by atoms with Crippen LogP contribution in [0.25, 0.3) is 0 Å². The van der Waals surface area contributed by atoms with E-state index in [1.807, 2.05) is 49.5 Å². The normalized spacial score (nSPS) is 19.3. The molecule has 1 heterocycles. The van der Waals surface area contributed by atoms with Gasteiger partial charge in [-0.2, -0.15) is 0 Å². The van der Waals surface area contributed by atoms with E-state index in [9.17, 15) is 9.59 Å². The average Bonchev–Trinajstić information content (AvgIpc) is 3.05. The SMILES string of the molecule is Cc1ccc(/C=[N+]2\NC(=O)[C@H](NC(=O)c3ccc(Cl)cc3)[C@H]2c2ccc(Cl)cc2)cc1. The zero-order valence-corrected chi connectivity index (χ0v) is 18.2. The van der Waals surface area contributed by atoms with Crippen molar-refractivity contribution in [2.45, 2.75) is 19.0 Å². The molecule has 0 spiro atoms. The molecule has 2 atom stereocenters. The molecule has 0 aromatic heterocycles. The van der Waals surface area contributed by atoms with E-state index in [1.54, 1.807) is 41.1 Å². The molecule has 5 nitrogen and oxygen atoms in total. The van der Waals surface area contributed by atoms with Crippen molar-refractivity contribution in [2.75, 3.05) is 0 Å². The fourth-order valence-corrected chi connectivity index (χ4v) is 3.73. The van der Waals surface area contributed by atoms with Crippen molar-refractivity contribution in [2.24, 2.45) is 0 Å². The van der Waals surface area contributed by atoms with Gasteiger partial charge >= 0.3 is 5.91 Å². The summed E-state index contributed by atoms with van der Waals surface area (Å²) in [6.07, 6.45) is 1.85. The molecule has 1 aliphatic rings. The van der Waals surface area contributed by atoms with Crippen LogP contribution in [-0.2, 0) is 4.79 Å². The summed E-state index contributed by atoms with van der Waals surface area (Å²) in [5.74, 6) is -0.654. The van der Waals surface area contributed by atoms with Crippen molar-refractivity contribution in [3.63, 3.8) is 0 Å². The number of hydrogen-bond acceptors (Lipinski definition) is 2. The molecule has 1 aliphatic heterocycles. The van der Waals surface area contributed by atoms with Crippen LogP contribution in [0.2, 0.25) is 10.0 Å². The Hall–Kier alpha value is -3.15. The van der Waals surface area contributed by atoms with Gasteiger partial charge in [0.25, 0.3) is 5.91 Å². The zero-order valence-electron chi connectivity index (χ0n) is 16.7. The Morgan fingerprint density at radius 2 is 1.52 bits per heavy atom. The topological polar surface area (TPSA) is 61.2 Å². The van der Waals surface area contributed by atoms with E-state index >= 15 is 0 Å². The number of rotatable bonds is 4. The van der Waals surface area contributed by atoms with Gasteiger partial charge in [-0.05, 0) is 55.5 Å². The fourth-order valence-electron chi connectivity index (χ4n) is 3.48. The Kier molecular flexibility index (Phi) is 6.07. The number of amides is 2. The lowest BCUT2D eigenvalue weighted by atomic mass is 9.99. The monoisotopic (exact) mass is 452 g/mol. The molecular formula is C24H20Cl2N3O2+. The minimum atomic E-state index is -0.800. The Morgan fingerprint density at radius 1 is 0.935 bits per heavy atom. The van der Waals surface area contributed by atoms with Crippen LogP contribution in [0.15, 0.2) is 72.8 Å². The average molecular weight is 453 g/mol. The van der Waals surface area contributed by atoms with Gasteiger partial charge in [0.15, 0.2) is 6.04 Å². The maximum absolute atomic E-state index is 12.9. The predicted octanol–water partition coefficient (Wildman–Crippen LogP) is 4.32. The summed E-state index contributed by atoms with van der Waals surface area (Å²) < 4.78 is 1.73. The van der Waals surface area contributed by atoms with Gasteiger partial charge in [0.05, 0.1) is 0 Å². The van der Waals surface area contributed by atoms with Crippen molar-refractivity contribution in [3.05, 3.63) is 105 Å². The van der Waals surface area contributed by atoms with Gasteiger partial charge in [-0.3, -0.25) is 9.59 Å². The van der Waals surface area contributed by atoms with E-state index in [2.05, 4.69) is 10.7 Å². The van der Waals surface area contributed by atoms with Crippen molar-refractivity contribution in [3.8, 4) is 0 Å². The third kappa shape index (κ3) is 4.79. The van der Waals surface area contributed by atoms with Crippen molar-refractivity contribution in [1.29, 1.82) is 0 Å². The lowest BCUT2D eigenvalue weighted by Gasteiger charge is -2.15. The third-order valence-corrected chi connectivity index (χ3v) is 5.61. The van der Waals surface area contributed by atoms with Gasteiger partial charge < -0.3 is 5.32 Å². The molecule has 3 aromatic rings. The Labute approximate surface area is 190 Å². The van der Waals surface area contributed by atoms with Gasteiger partial charge in [-0.25, -0.2) is 0 Å². The van der Waals surface area contributed by atoms with E-state index in [0.29, 0.717) is 15.6 Å². The summed E-state index contributed by atoms with van der Waals surface area (Å²) in [5, 5.41) is 3.99. The number of nitrogens with one attached hydrogen (secondary N) is 2. The number of halogens is 2. The molecule has 2 amide bonds. The third-order valence-electron chi connectivity index (χ3n) is 5.11. The van der Waals surface area contributed by atoms with Crippen molar-refractivity contribution >= 4 is 41.2 Å². The van der Waals surface area contributed by atoms with E-state index < -0.39 is 12.1 Å². The van der Waals surface area contributed by atoms with Crippen molar-refractivity contribution in [1.82, 2.24) is 10.7 Å². The molecule has 0 aliphatic carbocycles. The maximum Gasteiger partial charge on any atom is 0.304 e. The van der Waals surface area contributed by atoms with E-state index in [-0.39, 0.29) is 11.8 Å². The lowest BCUT2D eigenvalue weighted by Crippen LogP contribution is -2.42. The summed E-state index contributed by atoms with van der Waals surface area (Å²) in [6.45, 7) is 2.01. The number of hydrazone groups is 1. The number of hydrogen-bond donors (Lipinski definition) is 2. The number of nitrogens with zero attached hydrogens (tertiary/aromatic N) is 1. The second-order valence-electron chi connectivity index (χ2n) is 7.38. The van der Waals surface area contributed by atoms with Gasteiger partial charge in [-0.1, -0.05) is 53.0 Å². The minimum Gasteiger partial charge on any atom is -0.334 e. The molecule has 0 bridgehead atoms. The van der Waals surface area contributed by atoms with Gasteiger partial charge in [-0.15, -0.1) is 10.1 Å². The summed E-state index contributed by atoms with van der Waals surface area (Å²) in [5.41, 5.74) is 6.20. The second kappa shape index (κ2) is 8.92. The highest BCUT2D eigenvalue weighted by Gasteiger charge is 2.47. The molecule has 0 radical (unpaired) electrons. The van der Waals surface area contributed by atoms with Crippen LogP contribution in [0.3, 0.4) is 0 Å². The van der Waals surface area contributed by atoms with Crippen LogP contribution in [0, 0.1) is 6.92 Å². The molecule has 0 unspecified atom stereocenters. The zero-order chi connectivity index (χ0) is 22.0. The molecule has 2 N–H and O–H groups in total. The summed E-state index contributed by atoms with van der Waals surface area (Å²) in [4.78, 5) is 25.7. The molecule has 7 heteroatoms. The largest absolute Gasteiger partial charge is 0.334 e. The predicted molar refractivity (Wildman–Crippen MR) is 122 cm³/mol. The van der Waals surface area contributed by atoms with Crippen LogP contribution in [0.4, 0.5) is 0 Å². The van der Waals surface area contributed by atoms with Crippen LogP contribution >= 0.6 is 23.2 Å². The van der Waals surface area contributed by atoms with Gasteiger partial charge in [0, 0.05) is 26.7 Å². The molecule has 0 saturated carbocycles. The Balaban J connectivity index is 1.69. The molecule has 31 heavy (non-hydrogen) atoms. The van der Waals surface area contributed by atoms with Crippen LogP contribution < -0.4 is 10.7 Å². The number of carbonyl (C=O) groups excluding carboxylic acids is 2. The highest BCUT2D eigenvalue weighted by atomic mass is 35.5. The summed E-state index contributed by atoms with van der Waals surface area (Å²) >= 11 is 12.0. The van der Waals surface area contributed by atoms with Crippen LogP contribution in [-0.4, -0.2) is 28.8 Å². The maximum atomic E-state index is 12.9. The Morgan fingerprint density at radius 3 is 2.13 bits per heavy atom. The fraction of sp³-hybridized carbons (Fsp3) is 0.125. The van der Waals surface area contributed by atoms with E-state index in [0.717, 1.165) is 16.7 Å². The number of benzene rings is 3. The van der Waals surface area contributed by atoms with E-state index in [1.165, 1.54) is 0 Å². The second-order valence-corrected chi connectivity index (χ2v) is 8.25. The van der Waals surface area contributed by atoms with E-state index in [4.69, 9.17) is 23.2 Å². The van der Waals surface area contributed by atoms with Crippen LogP contribution in [0.5, 0.6) is 0 Å². The van der Waals surface area contributed by atoms with Gasteiger partial charge in [0.2, 0.25) is 12.3 Å². The quantitative estimate of drug-likeness (QED) is 0.579. The first kappa shape index (κ1) is 21.1. The molecule has 4 rings (SSSR count). The number of aryl methyl sites for hydroxylation is 1. The number of carbonyl (C=O) groups is 2. The standard InChI is InChI=1S/C24H19Cl2N3O2/c1-15-2-4-16(5-3-15)14-29-22(17-6-10-19(25)11-7-17)21(24(31)28-29)27-23(30)18-8-12-20(26)13-9-18/h2-14,21-22H,1H3,(H-,27,28,30,31)/p+1/b29-14-/t21-,22-/m1/s1. The molecular weight excluding hydrogens is 433 g/mol. The first-order valence-electron chi connectivity index (χ1n) is 9.73. The smallest absolute Gasteiger partial charge is 0.304 e. The molecule has 3 aromatic carbocycles. The van der Waals surface area contributed by atoms with Crippen molar-refractivity contribution < 1.29 is 14.3 Å². The molecule has 1 saturated heterocycles. The highest BCUT2D eigenvalue weighted by Crippen LogP contribution is 2.27. The number of hydrazine groups is 1. The minimum absolute atomic E-state index is 0.300. The summed E-state index contributed by atoms with van der Waals surface area (Å²) in [7, 11) is 0. The lowest BCUT2D eigenvalue weighted by molar-refractivity contribution is -0.596. The first-order chi connectivity index (χ1) is 14.9. The Bertz CT molecular complexity index is 1140. The van der Waals surface area contributed by atoms with Gasteiger partial charge in [0.1, 0.15) is 0 Å².